The molecule has 4 rings (SSSR count). The average Bonchev–Trinajstić information content (AvgIpc) is 3.13. The summed E-state index contributed by atoms with van der Waals surface area (Å²) >= 11 is 1.55. The Bertz CT molecular complexity index is 978. The summed E-state index contributed by atoms with van der Waals surface area (Å²) in [5, 5.41) is 15.2. The molecule has 0 amide bonds. The Morgan fingerprint density at radius 3 is 3.00 bits per heavy atom. The molecule has 2 heterocycles. The molecule has 4 nitrogen and oxygen atoms in total. The van der Waals surface area contributed by atoms with Crippen molar-refractivity contribution in [3.05, 3.63) is 58.4 Å². The van der Waals surface area contributed by atoms with Crippen LogP contribution in [-0.4, -0.2) is 16.1 Å². The Kier molecular flexibility index (Phi) is 3.12. The summed E-state index contributed by atoms with van der Waals surface area (Å²) in [4.78, 5) is 15.8. The number of rotatable bonds is 3. The highest BCUT2D eigenvalue weighted by Gasteiger charge is 2.23. The van der Waals surface area contributed by atoms with Gasteiger partial charge in [0.05, 0.1) is 5.69 Å². The summed E-state index contributed by atoms with van der Waals surface area (Å²) < 4.78 is 14.4. The minimum atomic E-state index is -0.924. The number of benzene rings is 1. The van der Waals surface area contributed by atoms with E-state index in [4.69, 9.17) is 0 Å². The molecule has 0 bridgehead atoms. The van der Waals surface area contributed by atoms with Crippen LogP contribution in [0.3, 0.4) is 0 Å². The number of fused-ring (bicyclic) bond motifs is 3. The second-order valence-electron chi connectivity index (χ2n) is 5.27. The number of thiophene rings is 1. The maximum absolute atomic E-state index is 13.4. The molecule has 1 aliphatic carbocycles. The number of halogens is 1. The summed E-state index contributed by atoms with van der Waals surface area (Å²) in [7, 11) is 0. The molecular weight excluding hydrogens is 315 g/mol. The first kappa shape index (κ1) is 13.9. The fraction of sp³-hybridized carbons (Fsp3) is 0.0588. The highest BCUT2D eigenvalue weighted by molar-refractivity contribution is 7.17. The van der Waals surface area contributed by atoms with Gasteiger partial charge in [-0.25, -0.2) is 14.2 Å². The van der Waals surface area contributed by atoms with E-state index in [1.165, 1.54) is 12.1 Å². The van der Waals surface area contributed by atoms with Crippen molar-refractivity contribution in [2.45, 2.75) is 6.42 Å². The average molecular weight is 326 g/mol. The van der Waals surface area contributed by atoms with Gasteiger partial charge in [-0.15, -0.1) is 11.3 Å². The van der Waals surface area contributed by atoms with Gasteiger partial charge in [-0.3, -0.25) is 0 Å². The van der Waals surface area contributed by atoms with E-state index < -0.39 is 5.97 Å². The van der Waals surface area contributed by atoms with Gasteiger partial charge in [0.25, 0.3) is 0 Å². The lowest BCUT2D eigenvalue weighted by Gasteiger charge is -2.10. The molecule has 6 heteroatoms. The predicted octanol–water partition coefficient (Wildman–Crippen LogP) is 4.20. The van der Waals surface area contributed by atoms with Crippen molar-refractivity contribution in [1.82, 2.24) is 4.98 Å². The van der Waals surface area contributed by atoms with Crippen molar-refractivity contribution < 1.29 is 14.3 Å². The molecule has 0 saturated carbocycles. The zero-order valence-corrected chi connectivity index (χ0v) is 12.7. The first-order valence-electron chi connectivity index (χ1n) is 6.98. The predicted molar refractivity (Wildman–Crippen MR) is 88.6 cm³/mol. The lowest BCUT2D eigenvalue weighted by Crippen LogP contribution is -2.00. The number of carbonyl (C=O) groups is 1. The third-order valence-corrected chi connectivity index (χ3v) is 4.75. The maximum atomic E-state index is 13.4. The standard InChI is InChI=1S/C17H11FN2O2S/c18-10-2-1-3-11(8-10)19-16-12-4-5-23-15(12)13-6-9(17(21)22)7-14(13)20-16/h1-5,7-8H,6H2,(H,19,20)(H,21,22). The Balaban J connectivity index is 1.83. The molecule has 0 spiro atoms. The number of anilines is 2. The highest BCUT2D eigenvalue weighted by atomic mass is 32.1. The molecule has 0 atom stereocenters. The quantitative estimate of drug-likeness (QED) is 0.757. The third kappa shape index (κ3) is 2.37. The van der Waals surface area contributed by atoms with Gasteiger partial charge in [-0.1, -0.05) is 6.07 Å². The van der Waals surface area contributed by atoms with Crippen molar-refractivity contribution in [2.75, 3.05) is 5.32 Å². The minimum absolute atomic E-state index is 0.328. The molecule has 1 aromatic carbocycles. The van der Waals surface area contributed by atoms with Crippen LogP contribution in [0.15, 0.2) is 41.3 Å². The molecule has 0 radical (unpaired) electrons. The molecule has 114 valence electrons. The smallest absolute Gasteiger partial charge is 0.331 e. The molecule has 1 aliphatic rings. The van der Waals surface area contributed by atoms with Gasteiger partial charge in [-0.2, -0.15) is 0 Å². The SMILES string of the molecule is O=C(O)C1=Cc2nc(Nc3cccc(F)c3)c3ccsc3c2C1. The second kappa shape index (κ2) is 5.17. The fourth-order valence-corrected chi connectivity index (χ4v) is 3.68. The number of carboxylic acid groups (broad SMARTS) is 1. The van der Waals surface area contributed by atoms with Gasteiger partial charge in [0.2, 0.25) is 0 Å². The number of nitrogens with zero attached hydrogens (tertiary/aromatic N) is 1. The Morgan fingerprint density at radius 2 is 2.22 bits per heavy atom. The fourth-order valence-electron chi connectivity index (χ4n) is 2.73. The van der Waals surface area contributed by atoms with Crippen LogP contribution in [0.1, 0.15) is 11.3 Å². The lowest BCUT2D eigenvalue weighted by atomic mass is 10.1. The summed E-state index contributed by atoms with van der Waals surface area (Å²) in [6.45, 7) is 0. The molecule has 23 heavy (non-hydrogen) atoms. The van der Waals surface area contributed by atoms with Crippen LogP contribution < -0.4 is 5.32 Å². The third-order valence-electron chi connectivity index (χ3n) is 3.78. The molecule has 0 aliphatic heterocycles. The van der Waals surface area contributed by atoms with Crippen LogP contribution in [-0.2, 0) is 11.2 Å². The molecule has 0 unspecified atom stereocenters. The van der Waals surface area contributed by atoms with Crippen molar-refractivity contribution in [3.8, 4) is 0 Å². The van der Waals surface area contributed by atoms with Gasteiger partial charge in [0.15, 0.2) is 0 Å². The summed E-state index contributed by atoms with van der Waals surface area (Å²) in [5.41, 5.74) is 2.55. The van der Waals surface area contributed by atoms with Crippen LogP contribution in [0.5, 0.6) is 0 Å². The summed E-state index contributed by atoms with van der Waals surface area (Å²) in [6.07, 6.45) is 1.99. The van der Waals surface area contributed by atoms with Crippen LogP contribution in [0, 0.1) is 5.82 Å². The normalized spacial score (nSPS) is 13.0. The summed E-state index contributed by atoms with van der Waals surface area (Å²) in [5.74, 6) is -0.647. The Morgan fingerprint density at radius 1 is 1.35 bits per heavy atom. The molecule has 2 N–H and O–H groups in total. The van der Waals surface area contributed by atoms with Gasteiger partial charge < -0.3 is 10.4 Å². The van der Waals surface area contributed by atoms with E-state index in [-0.39, 0.29) is 5.82 Å². The maximum Gasteiger partial charge on any atom is 0.331 e. The number of pyridine rings is 1. The zero-order valence-electron chi connectivity index (χ0n) is 11.8. The number of carboxylic acids is 1. The van der Waals surface area contributed by atoms with E-state index in [0.717, 1.165) is 15.6 Å². The molecule has 0 fully saturated rings. The van der Waals surface area contributed by atoms with E-state index in [0.29, 0.717) is 29.2 Å². The van der Waals surface area contributed by atoms with Gasteiger partial charge in [0.1, 0.15) is 11.6 Å². The van der Waals surface area contributed by atoms with Crippen LogP contribution >= 0.6 is 11.3 Å². The lowest BCUT2D eigenvalue weighted by molar-refractivity contribution is -0.132. The van der Waals surface area contributed by atoms with Crippen LogP contribution in [0.25, 0.3) is 16.2 Å². The summed E-state index contributed by atoms with van der Waals surface area (Å²) in [6, 6.07) is 8.09. The molecule has 0 saturated heterocycles. The van der Waals surface area contributed by atoms with Crippen LogP contribution in [0.4, 0.5) is 15.9 Å². The Hall–Kier alpha value is -2.73. The minimum Gasteiger partial charge on any atom is -0.478 e. The molecular formula is C17H11FN2O2S. The van der Waals surface area contributed by atoms with E-state index in [1.807, 2.05) is 11.4 Å². The van der Waals surface area contributed by atoms with E-state index in [9.17, 15) is 14.3 Å². The number of hydrogen-bond donors (Lipinski definition) is 2. The monoisotopic (exact) mass is 326 g/mol. The van der Waals surface area contributed by atoms with Crippen molar-refractivity contribution in [2.24, 2.45) is 0 Å². The van der Waals surface area contributed by atoms with E-state index in [2.05, 4.69) is 10.3 Å². The topological polar surface area (TPSA) is 62.2 Å². The van der Waals surface area contributed by atoms with Crippen molar-refractivity contribution in [1.29, 1.82) is 0 Å². The number of aromatic nitrogens is 1. The number of hydrogen-bond acceptors (Lipinski definition) is 4. The van der Waals surface area contributed by atoms with Gasteiger partial charge in [0, 0.05) is 33.3 Å². The first-order chi connectivity index (χ1) is 11.1. The van der Waals surface area contributed by atoms with Crippen LogP contribution in [0.2, 0.25) is 0 Å². The largest absolute Gasteiger partial charge is 0.478 e. The van der Waals surface area contributed by atoms with Gasteiger partial charge in [-0.05, 0) is 35.7 Å². The Labute approximate surface area is 134 Å². The van der Waals surface area contributed by atoms with Gasteiger partial charge >= 0.3 is 5.97 Å². The number of aliphatic carboxylic acids is 1. The van der Waals surface area contributed by atoms with Crippen molar-refractivity contribution in [3.63, 3.8) is 0 Å². The van der Waals surface area contributed by atoms with Crippen molar-refractivity contribution >= 4 is 45.0 Å². The highest BCUT2D eigenvalue weighted by Crippen LogP contribution is 2.38. The molecule has 2 aromatic heterocycles. The first-order valence-corrected chi connectivity index (χ1v) is 7.86. The zero-order chi connectivity index (χ0) is 16.0. The van der Waals surface area contributed by atoms with E-state index in [1.54, 1.807) is 29.5 Å². The molecule has 3 aromatic rings. The van der Waals surface area contributed by atoms with E-state index >= 15 is 0 Å². The number of nitrogens with one attached hydrogen (secondary N) is 1. The second-order valence-corrected chi connectivity index (χ2v) is 6.19.